The molecule has 0 saturated carbocycles. The molecule has 0 N–H and O–H groups in total. The largest absolute Gasteiger partial charge is 0.523 e. The molecule has 0 radical (unpaired) electrons. The van der Waals surface area contributed by atoms with E-state index in [9.17, 15) is 17.6 Å². The van der Waals surface area contributed by atoms with Gasteiger partial charge in [-0.1, -0.05) is 12.1 Å². The lowest BCUT2D eigenvalue weighted by molar-refractivity contribution is -0.362. The van der Waals surface area contributed by atoms with E-state index in [2.05, 4.69) is 4.74 Å². The first-order valence-electron chi connectivity index (χ1n) is 7.04. The summed E-state index contributed by atoms with van der Waals surface area (Å²) in [6.45, 7) is 6.56. The van der Waals surface area contributed by atoms with Crippen LogP contribution in [0.4, 0.5) is 17.6 Å². The van der Waals surface area contributed by atoms with Crippen molar-refractivity contribution in [3.63, 3.8) is 0 Å². The molecule has 0 amide bonds. The maximum absolute atomic E-state index is 13.1. The number of halogens is 4. The Bertz CT molecular complexity index is 481. The maximum atomic E-state index is 13.1. The van der Waals surface area contributed by atoms with E-state index in [1.807, 2.05) is 0 Å². The molecule has 0 aliphatic rings. The summed E-state index contributed by atoms with van der Waals surface area (Å²) in [7, 11) is 0. The van der Waals surface area contributed by atoms with Gasteiger partial charge in [0.15, 0.2) is 0 Å². The fourth-order valence-electron chi connectivity index (χ4n) is 1.94. The van der Waals surface area contributed by atoms with Crippen LogP contribution in [0.3, 0.4) is 0 Å². The Kier molecular flexibility index (Phi) is 5.98. The minimum absolute atomic E-state index is 0.183. The highest BCUT2D eigenvalue weighted by molar-refractivity contribution is 5.15. The molecule has 22 heavy (non-hydrogen) atoms. The van der Waals surface area contributed by atoms with E-state index in [1.54, 1.807) is 26.0 Å². The van der Waals surface area contributed by atoms with Gasteiger partial charge in [0.2, 0.25) is 0 Å². The van der Waals surface area contributed by atoms with Gasteiger partial charge < -0.3 is 4.74 Å². The molecule has 0 fully saturated rings. The summed E-state index contributed by atoms with van der Waals surface area (Å²) in [5.41, 5.74) is -1.28. The lowest BCUT2D eigenvalue weighted by Crippen LogP contribution is -2.35. The number of benzene rings is 1. The molecule has 0 atom stereocenters. The maximum Gasteiger partial charge on any atom is 0.523 e. The Hall–Kier alpha value is -1.14. The van der Waals surface area contributed by atoms with Crippen molar-refractivity contribution >= 4 is 0 Å². The minimum atomic E-state index is -4.66. The second-order valence-electron chi connectivity index (χ2n) is 6.49. The standard InChI is InChI=1S/C16H22F4O2/c1-14(2,8-9-15(3,4)22-16(18,19)20)21-11-12-6-5-7-13(17)10-12/h5-7,10H,8-9,11H2,1-4H3. The Morgan fingerprint density at radius 3 is 2.09 bits per heavy atom. The highest BCUT2D eigenvalue weighted by atomic mass is 19.4. The van der Waals surface area contributed by atoms with Crippen LogP contribution in [0.25, 0.3) is 0 Å². The fraction of sp³-hybridized carbons (Fsp3) is 0.625. The SMILES string of the molecule is CC(C)(CCC(C)(C)OC(F)(F)F)OCc1cccc(F)c1. The molecule has 6 heteroatoms. The van der Waals surface area contributed by atoms with Crippen LogP contribution in [0.1, 0.15) is 46.1 Å². The molecule has 0 aromatic heterocycles. The van der Waals surface area contributed by atoms with Gasteiger partial charge in [0, 0.05) is 0 Å². The monoisotopic (exact) mass is 322 g/mol. The predicted octanol–water partition coefficient (Wildman–Crippen LogP) is 5.22. The summed E-state index contributed by atoms with van der Waals surface area (Å²) in [4.78, 5) is 0. The summed E-state index contributed by atoms with van der Waals surface area (Å²) in [6.07, 6.45) is -4.09. The van der Waals surface area contributed by atoms with Crippen LogP contribution in [0.15, 0.2) is 24.3 Å². The van der Waals surface area contributed by atoms with Gasteiger partial charge in [0.05, 0.1) is 17.8 Å². The molecule has 126 valence electrons. The number of ether oxygens (including phenoxy) is 2. The number of rotatable bonds is 7. The van der Waals surface area contributed by atoms with Crippen molar-refractivity contribution in [1.29, 1.82) is 0 Å². The quantitative estimate of drug-likeness (QED) is 0.641. The van der Waals surface area contributed by atoms with E-state index in [-0.39, 0.29) is 18.8 Å². The number of hydrogen-bond acceptors (Lipinski definition) is 2. The first kappa shape index (κ1) is 18.9. The van der Waals surface area contributed by atoms with Crippen molar-refractivity contribution in [2.24, 2.45) is 0 Å². The van der Waals surface area contributed by atoms with Gasteiger partial charge in [-0.05, 0) is 58.2 Å². The fourth-order valence-corrected chi connectivity index (χ4v) is 1.94. The van der Waals surface area contributed by atoms with Crippen molar-refractivity contribution in [2.45, 2.75) is 64.7 Å². The molecule has 0 unspecified atom stereocenters. The molecular formula is C16H22F4O2. The van der Waals surface area contributed by atoms with Gasteiger partial charge in [0.25, 0.3) is 0 Å². The molecule has 0 aliphatic heterocycles. The Morgan fingerprint density at radius 1 is 0.955 bits per heavy atom. The van der Waals surface area contributed by atoms with Gasteiger partial charge in [-0.15, -0.1) is 13.2 Å². The van der Waals surface area contributed by atoms with Crippen molar-refractivity contribution in [2.75, 3.05) is 0 Å². The zero-order valence-corrected chi connectivity index (χ0v) is 13.3. The second-order valence-corrected chi connectivity index (χ2v) is 6.49. The van der Waals surface area contributed by atoms with Crippen LogP contribution in [-0.2, 0) is 16.1 Å². The van der Waals surface area contributed by atoms with Crippen molar-refractivity contribution in [1.82, 2.24) is 0 Å². The van der Waals surface area contributed by atoms with E-state index in [0.29, 0.717) is 12.0 Å². The molecule has 0 spiro atoms. The van der Waals surface area contributed by atoms with Gasteiger partial charge in [-0.3, -0.25) is 4.74 Å². The smallest absolute Gasteiger partial charge is 0.371 e. The lowest BCUT2D eigenvalue weighted by Gasteiger charge is -2.32. The van der Waals surface area contributed by atoms with Gasteiger partial charge in [-0.25, -0.2) is 4.39 Å². The predicted molar refractivity (Wildman–Crippen MR) is 75.7 cm³/mol. The highest BCUT2D eigenvalue weighted by Gasteiger charge is 2.38. The molecule has 1 rings (SSSR count). The third kappa shape index (κ3) is 7.75. The van der Waals surface area contributed by atoms with Crippen LogP contribution in [-0.4, -0.2) is 17.6 Å². The Balaban J connectivity index is 2.50. The molecule has 0 aliphatic carbocycles. The van der Waals surface area contributed by atoms with Crippen LogP contribution in [0.5, 0.6) is 0 Å². The summed E-state index contributed by atoms with van der Waals surface area (Å²) < 4.78 is 59.7. The van der Waals surface area contributed by atoms with E-state index in [0.717, 1.165) is 0 Å². The zero-order chi connectivity index (χ0) is 17.0. The van der Waals surface area contributed by atoms with Crippen molar-refractivity contribution in [3.8, 4) is 0 Å². The van der Waals surface area contributed by atoms with E-state index in [4.69, 9.17) is 4.74 Å². The molecule has 1 aromatic rings. The van der Waals surface area contributed by atoms with E-state index >= 15 is 0 Å². The summed E-state index contributed by atoms with van der Waals surface area (Å²) >= 11 is 0. The van der Waals surface area contributed by atoms with Crippen LogP contribution in [0.2, 0.25) is 0 Å². The Morgan fingerprint density at radius 2 is 1.55 bits per heavy atom. The Labute approximate surface area is 128 Å². The number of hydrogen-bond donors (Lipinski definition) is 0. The summed E-state index contributed by atoms with van der Waals surface area (Å²) in [5.74, 6) is -0.349. The minimum Gasteiger partial charge on any atom is -0.371 e. The van der Waals surface area contributed by atoms with Crippen LogP contribution < -0.4 is 0 Å². The van der Waals surface area contributed by atoms with Crippen molar-refractivity contribution in [3.05, 3.63) is 35.6 Å². The first-order valence-corrected chi connectivity index (χ1v) is 7.04. The first-order chi connectivity index (χ1) is 9.89. The van der Waals surface area contributed by atoms with Gasteiger partial charge in [0.1, 0.15) is 5.82 Å². The van der Waals surface area contributed by atoms with E-state index < -0.39 is 17.6 Å². The number of alkyl halides is 3. The topological polar surface area (TPSA) is 18.5 Å². The second kappa shape index (κ2) is 6.96. The van der Waals surface area contributed by atoms with Gasteiger partial charge >= 0.3 is 6.36 Å². The molecular weight excluding hydrogens is 300 g/mol. The van der Waals surface area contributed by atoms with Crippen LogP contribution in [0, 0.1) is 5.82 Å². The third-order valence-corrected chi connectivity index (χ3v) is 3.24. The third-order valence-electron chi connectivity index (χ3n) is 3.24. The molecule has 0 heterocycles. The molecule has 0 saturated heterocycles. The lowest BCUT2D eigenvalue weighted by atomic mass is 9.94. The summed E-state index contributed by atoms with van der Waals surface area (Å²) in [5, 5.41) is 0. The zero-order valence-electron chi connectivity index (χ0n) is 13.3. The van der Waals surface area contributed by atoms with E-state index in [1.165, 1.54) is 26.0 Å². The van der Waals surface area contributed by atoms with Gasteiger partial charge in [-0.2, -0.15) is 0 Å². The van der Waals surface area contributed by atoms with Crippen molar-refractivity contribution < 1.29 is 27.0 Å². The average Bonchev–Trinajstić information content (AvgIpc) is 2.32. The van der Waals surface area contributed by atoms with Crippen LogP contribution >= 0.6 is 0 Å². The molecule has 1 aromatic carbocycles. The molecule has 2 nitrogen and oxygen atoms in total. The average molecular weight is 322 g/mol. The molecule has 0 bridgehead atoms. The highest BCUT2D eigenvalue weighted by Crippen LogP contribution is 2.31. The summed E-state index contributed by atoms with van der Waals surface area (Å²) in [6, 6.07) is 6.02. The normalized spacial score (nSPS) is 13.5.